The van der Waals surface area contributed by atoms with Gasteiger partial charge in [0.15, 0.2) is 11.6 Å². The van der Waals surface area contributed by atoms with Crippen LogP contribution in [0, 0.1) is 23.4 Å². The number of nitrogens with two attached hydrogens (primary N) is 2. The average Bonchev–Trinajstić information content (AvgIpc) is 3.49. The van der Waals surface area contributed by atoms with E-state index >= 15 is 13.2 Å². The van der Waals surface area contributed by atoms with Crippen LogP contribution in [0.2, 0.25) is 0 Å². The lowest BCUT2D eigenvalue weighted by Gasteiger charge is -2.22. The molecule has 1 unspecified atom stereocenters. The van der Waals surface area contributed by atoms with Gasteiger partial charge in [0.25, 0.3) is 0 Å². The van der Waals surface area contributed by atoms with Crippen molar-refractivity contribution in [2.24, 2.45) is 27.8 Å². The van der Waals surface area contributed by atoms with Crippen LogP contribution in [0.15, 0.2) is 58.9 Å². The van der Waals surface area contributed by atoms with Crippen molar-refractivity contribution in [3.63, 3.8) is 0 Å². The molecule has 9 nitrogen and oxygen atoms in total. The molecule has 186 valence electrons. The zero-order valence-electron chi connectivity index (χ0n) is 19.1. The Morgan fingerprint density at radius 2 is 2.09 bits per heavy atom. The number of nitrogens with one attached hydrogen (secondary N) is 2. The topological polar surface area (TPSA) is 120 Å². The molecule has 3 heterocycles. The number of rotatable bonds is 9. The molecule has 0 bridgehead atoms. The number of hydrazine groups is 1. The summed E-state index contributed by atoms with van der Waals surface area (Å²) < 4.78 is 45.3. The smallest absolute Gasteiger partial charge is 0.183 e. The van der Waals surface area contributed by atoms with Crippen LogP contribution in [-0.2, 0) is 6.54 Å². The highest BCUT2D eigenvalue weighted by Crippen LogP contribution is 2.38. The van der Waals surface area contributed by atoms with Gasteiger partial charge < -0.3 is 21.4 Å². The standard InChI is InChI=1S/C23H28F3N9/c1-14-6-15(12-34-5-4-31-33-34)13-35(14)20-7-19(24)21(23(26)22(20)25)16-2-3-17(30-9-16)10-29-11-18(8-27)32-28/h2-3,7-9,15,29,32H,1,4-6,10-13,27-28H2/b18-8-. The number of allylic oxidation sites excluding steroid dienone is 1. The number of anilines is 1. The van der Waals surface area contributed by atoms with Gasteiger partial charge in [0, 0.05) is 61.8 Å². The van der Waals surface area contributed by atoms with E-state index in [2.05, 4.69) is 32.6 Å². The molecule has 1 aromatic carbocycles. The number of nitrogens with zero attached hydrogens (tertiary/aromatic N) is 5. The highest BCUT2D eigenvalue weighted by Gasteiger charge is 2.32. The third-order valence-electron chi connectivity index (χ3n) is 6.02. The van der Waals surface area contributed by atoms with Crippen molar-refractivity contribution < 1.29 is 13.2 Å². The van der Waals surface area contributed by atoms with Crippen LogP contribution in [0.1, 0.15) is 12.1 Å². The van der Waals surface area contributed by atoms with Gasteiger partial charge in [-0.25, -0.2) is 13.2 Å². The van der Waals surface area contributed by atoms with Crippen molar-refractivity contribution >= 4 is 5.69 Å². The van der Waals surface area contributed by atoms with Gasteiger partial charge in [-0.3, -0.25) is 15.8 Å². The summed E-state index contributed by atoms with van der Waals surface area (Å²) in [4.78, 5) is 5.76. The Labute approximate surface area is 201 Å². The summed E-state index contributed by atoms with van der Waals surface area (Å²) in [6, 6.07) is 4.13. The molecule has 4 rings (SSSR count). The van der Waals surface area contributed by atoms with E-state index in [0.29, 0.717) is 56.2 Å². The van der Waals surface area contributed by atoms with Gasteiger partial charge in [-0.05, 0) is 12.5 Å². The van der Waals surface area contributed by atoms with Gasteiger partial charge in [0.05, 0.1) is 35.7 Å². The maximum Gasteiger partial charge on any atom is 0.183 e. The summed E-state index contributed by atoms with van der Waals surface area (Å²) in [5.74, 6) is 2.16. The zero-order valence-corrected chi connectivity index (χ0v) is 19.1. The molecule has 12 heteroatoms. The molecule has 2 aliphatic rings. The Bertz CT molecular complexity index is 1130. The molecule has 6 N–H and O–H groups in total. The van der Waals surface area contributed by atoms with Crippen molar-refractivity contribution in [2.45, 2.75) is 13.0 Å². The molecule has 0 aliphatic carbocycles. The summed E-state index contributed by atoms with van der Waals surface area (Å²) in [6.07, 6.45) is 3.23. The Balaban J connectivity index is 1.48. The summed E-state index contributed by atoms with van der Waals surface area (Å²) in [7, 11) is 0. The van der Waals surface area contributed by atoms with E-state index in [1.807, 2.05) is 5.01 Å². The largest absolute Gasteiger partial charge is 0.403 e. The van der Waals surface area contributed by atoms with Crippen LogP contribution in [0.3, 0.4) is 0 Å². The molecule has 0 saturated carbocycles. The van der Waals surface area contributed by atoms with Gasteiger partial charge in [-0.1, -0.05) is 17.9 Å². The molecule has 0 spiro atoms. The van der Waals surface area contributed by atoms with Crippen LogP contribution < -0.4 is 27.2 Å². The molecular weight excluding hydrogens is 459 g/mol. The monoisotopic (exact) mass is 487 g/mol. The molecule has 2 aliphatic heterocycles. The fourth-order valence-corrected chi connectivity index (χ4v) is 4.25. The zero-order chi connectivity index (χ0) is 24.9. The predicted octanol–water partition coefficient (Wildman–Crippen LogP) is 2.54. The van der Waals surface area contributed by atoms with E-state index in [9.17, 15) is 0 Å². The van der Waals surface area contributed by atoms with Crippen LogP contribution in [0.25, 0.3) is 11.1 Å². The normalized spacial score (nSPS) is 18.1. The first-order chi connectivity index (χ1) is 16.9. The quantitative estimate of drug-likeness (QED) is 0.244. The van der Waals surface area contributed by atoms with Crippen LogP contribution in [0.4, 0.5) is 18.9 Å². The second-order valence-corrected chi connectivity index (χ2v) is 8.47. The van der Waals surface area contributed by atoms with Crippen molar-refractivity contribution in [1.82, 2.24) is 20.7 Å². The number of halogens is 3. The highest BCUT2D eigenvalue weighted by molar-refractivity contribution is 5.69. The van der Waals surface area contributed by atoms with Crippen molar-refractivity contribution in [3.8, 4) is 11.1 Å². The molecule has 1 fully saturated rings. The van der Waals surface area contributed by atoms with Crippen molar-refractivity contribution in [1.29, 1.82) is 0 Å². The van der Waals surface area contributed by atoms with E-state index in [0.717, 1.165) is 12.6 Å². The third-order valence-corrected chi connectivity index (χ3v) is 6.02. The lowest BCUT2D eigenvalue weighted by atomic mass is 10.0. The van der Waals surface area contributed by atoms with E-state index < -0.39 is 23.0 Å². The number of hydrogen-bond acceptors (Lipinski definition) is 9. The minimum atomic E-state index is -1.26. The minimum absolute atomic E-state index is 0.104. The molecule has 1 saturated heterocycles. The average molecular weight is 488 g/mol. The van der Waals surface area contributed by atoms with E-state index in [1.165, 1.54) is 23.4 Å². The molecule has 1 aromatic heterocycles. The maximum atomic E-state index is 15.1. The van der Waals surface area contributed by atoms with E-state index in [-0.39, 0.29) is 17.2 Å². The summed E-state index contributed by atoms with van der Waals surface area (Å²) in [5.41, 5.74) is 9.19. The number of pyridine rings is 1. The van der Waals surface area contributed by atoms with E-state index in [4.69, 9.17) is 11.6 Å². The molecule has 0 radical (unpaired) electrons. The highest BCUT2D eigenvalue weighted by atomic mass is 19.2. The van der Waals surface area contributed by atoms with Gasteiger partial charge in [0.2, 0.25) is 0 Å². The Morgan fingerprint density at radius 1 is 1.26 bits per heavy atom. The molecule has 35 heavy (non-hydrogen) atoms. The van der Waals surface area contributed by atoms with Crippen LogP contribution in [0.5, 0.6) is 0 Å². The first-order valence-electron chi connectivity index (χ1n) is 11.2. The number of benzene rings is 1. The minimum Gasteiger partial charge on any atom is -0.403 e. The first kappa shape index (κ1) is 24.5. The maximum absolute atomic E-state index is 15.1. The second kappa shape index (κ2) is 10.7. The first-order valence-corrected chi connectivity index (χ1v) is 11.2. The van der Waals surface area contributed by atoms with Gasteiger partial charge in [-0.15, -0.1) is 0 Å². The lowest BCUT2D eigenvalue weighted by molar-refractivity contribution is 0.274. The van der Waals surface area contributed by atoms with Crippen molar-refractivity contribution in [3.05, 3.63) is 71.7 Å². The lowest BCUT2D eigenvalue weighted by Crippen LogP contribution is -2.30. The fraction of sp³-hybridized carbons (Fsp3) is 0.348. The van der Waals surface area contributed by atoms with Gasteiger partial charge in [0.1, 0.15) is 5.82 Å². The Kier molecular flexibility index (Phi) is 7.51. The second-order valence-electron chi connectivity index (χ2n) is 8.47. The third kappa shape index (κ3) is 5.38. The van der Waals surface area contributed by atoms with Crippen LogP contribution >= 0.6 is 0 Å². The van der Waals surface area contributed by atoms with Crippen molar-refractivity contribution in [2.75, 3.05) is 37.6 Å². The summed E-state index contributed by atoms with van der Waals surface area (Å²) >= 11 is 0. The molecule has 0 amide bonds. The number of hydrogen-bond donors (Lipinski definition) is 4. The fourth-order valence-electron chi connectivity index (χ4n) is 4.25. The summed E-state index contributed by atoms with van der Waals surface area (Å²) in [5, 5.41) is 12.9. The molecule has 2 aromatic rings. The predicted molar refractivity (Wildman–Crippen MR) is 127 cm³/mol. The molecular formula is C23H28F3N9. The summed E-state index contributed by atoms with van der Waals surface area (Å²) in [6.45, 7) is 7.13. The SMILES string of the molecule is C=C1CC(CN2CCN=N2)CN1c1cc(F)c(-c2ccc(CNC/C(=C/N)NN)nc2)c(F)c1F. The number of aromatic nitrogens is 1. The van der Waals surface area contributed by atoms with Gasteiger partial charge in [-0.2, -0.15) is 5.11 Å². The Hall–Kier alpha value is -3.64. The van der Waals surface area contributed by atoms with Gasteiger partial charge >= 0.3 is 0 Å². The van der Waals surface area contributed by atoms with Crippen LogP contribution in [-0.4, -0.2) is 42.7 Å². The Morgan fingerprint density at radius 3 is 2.74 bits per heavy atom. The van der Waals surface area contributed by atoms with E-state index in [1.54, 1.807) is 6.07 Å². The molecule has 1 atom stereocenters.